The highest BCUT2D eigenvalue weighted by molar-refractivity contribution is 5.88. The Morgan fingerprint density at radius 1 is 0.900 bits per heavy atom. The molecule has 1 saturated heterocycles. The predicted molar refractivity (Wildman–Crippen MR) is 109 cm³/mol. The number of aromatic carboxylic acids is 1. The summed E-state index contributed by atoms with van der Waals surface area (Å²) in [4.78, 5) is 14.0. The zero-order valence-electron chi connectivity index (χ0n) is 16.3. The Balaban J connectivity index is 1.48. The molecule has 0 atom stereocenters. The van der Waals surface area contributed by atoms with Crippen molar-refractivity contribution in [2.24, 2.45) is 0 Å². The Morgan fingerprint density at radius 2 is 1.63 bits per heavy atom. The second-order valence-electron chi connectivity index (χ2n) is 7.29. The molecule has 2 aromatic heterocycles. The first-order valence-corrected chi connectivity index (χ1v) is 10.0. The molecule has 0 radical (unpaired) electrons. The van der Waals surface area contributed by atoms with Crippen molar-refractivity contribution >= 4 is 11.8 Å². The van der Waals surface area contributed by atoms with Crippen LogP contribution in [0.25, 0.3) is 17.1 Å². The molecule has 3 aromatic rings. The Kier molecular flexibility index (Phi) is 4.70. The molecule has 2 aliphatic rings. The number of hydrogen-bond donors (Lipinski definition) is 1. The predicted octanol–water partition coefficient (Wildman–Crippen LogP) is 2.79. The van der Waals surface area contributed by atoms with Crippen LogP contribution in [0.2, 0.25) is 0 Å². The Morgan fingerprint density at radius 3 is 2.37 bits per heavy atom. The van der Waals surface area contributed by atoms with E-state index in [-0.39, 0.29) is 5.69 Å². The topological polar surface area (TPSA) is 103 Å². The van der Waals surface area contributed by atoms with Crippen molar-refractivity contribution in [1.29, 1.82) is 0 Å². The van der Waals surface area contributed by atoms with Crippen molar-refractivity contribution in [3.05, 3.63) is 42.1 Å². The van der Waals surface area contributed by atoms with Crippen molar-refractivity contribution in [3.8, 4) is 28.6 Å². The number of nitrogens with zero attached hydrogens (tertiary/aromatic N) is 5. The summed E-state index contributed by atoms with van der Waals surface area (Å²) >= 11 is 0. The lowest BCUT2D eigenvalue weighted by molar-refractivity contribution is 0.0686. The van der Waals surface area contributed by atoms with E-state index < -0.39 is 5.97 Å². The molecule has 1 N–H and O–H groups in total. The number of piperidine rings is 1. The summed E-state index contributed by atoms with van der Waals surface area (Å²) in [7, 11) is 0. The third-order valence-corrected chi connectivity index (χ3v) is 5.30. The first-order valence-electron chi connectivity index (χ1n) is 10.0. The van der Waals surface area contributed by atoms with E-state index in [1.54, 1.807) is 18.2 Å². The van der Waals surface area contributed by atoms with E-state index in [0.29, 0.717) is 36.2 Å². The lowest BCUT2D eigenvalue weighted by Crippen LogP contribution is -2.30. The van der Waals surface area contributed by atoms with Gasteiger partial charge in [-0.1, -0.05) is 0 Å². The molecule has 0 aliphatic carbocycles. The number of rotatable bonds is 4. The minimum atomic E-state index is -1.09. The quantitative estimate of drug-likeness (QED) is 0.704. The summed E-state index contributed by atoms with van der Waals surface area (Å²) in [6.07, 6.45) is 3.52. The second kappa shape index (κ2) is 7.66. The van der Waals surface area contributed by atoms with Crippen LogP contribution in [0.15, 0.2) is 36.4 Å². The van der Waals surface area contributed by atoms with Crippen LogP contribution < -0.4 is 14.4 Å². The number of carboxylic acid groups (broad SMARTS) is 1. The molecule has 0 spiro atoms. The molecule has 1 fully saturated rings. The third kappa shape index (κ3) is 3.42. The minimum absolute atomic E-state index is 0.0138. The molecular weight excluding hydrogens is 386 g/mol. The van der Waals surface area contributed by atoms with Crippen molar-refractivity contribution in [2.75, 3.05) is 31.2 Å². The van der Waals surface area contributed by atoms with E-state index in [4.69, 9.17) is 9.47 Å². The maximum Gasteiger partial charge on any atom is 0.354 e. The number of benzene rings is 1. The fourth-order valence-corrected chi connectivity index (χ4v) is 3.77. The standard InChI is InChI=1S/C21H21N5O4/c27-21(28)16-13-15(14-4-5-17-18(12-14)30-11-10-29-17)24-26(16)20-7-6-19(22-23-20)25-8-2-1-3-9-25/h4-7,12-13H,1-3,8-11H2,(H,27,28). The fraction of sp³-hybridized carbons (Fsp3) is 0.333. The van der Waals surface area contributed by atoms with Gasteiger partial charge in [-0.2, -0.15) is 5.10 Å². The molecule has 4 heterocycles. The lowest BCUT2D eigenvalue weighted by Gasteiger charge is -2.27. The van der Waals surface area contributed by atoms with Gasteiger partial charge in [-0.3, -0.25) is 0 Å². The first kappa shape index (κ1) is 18.4. The largest absolute Gasteiger partial charge is 0.486 e. The highest BCUT2D eigenvalue weighted by Crippen LogP contribution is 2.34. The Bertz CT molecular complexity index is 1070. The monoisotopic (exact) mass is 407 g/mol. The summed E-state index contributed by atoms with van der Waals surface area (Å²) in [5.41, 5.74) is 1.25. The van der Waals surface area contributed by atoms with E-state index in [1.807, 2.05) is 12.1 Å². The zero-order chi connectivity index (χ0) is 20.5. The highest BCUT2D eigenvalue weighted by Gasteiger charge is 2.20. The molecule has 1 aromatic carbocycles. The number of aromatic nitrogens is 4. The summed E-state index contributed by atoms with van der Waals surface area (Å²) in [5.74, 6) is 1.36. The normalized spacial score (nSPS) is 15.8. The lowest BCUT2D eigenvalue weighted by atomic mass is 10.1. The van der Waals surface area contributed by atoms with Gasteiger partial charge in [0.1, 0.15) is 13.2 Å². The zero-order valence-corrected chi connectivity index (χ0v) is 16.3. The van der Waals surface area contributed by atoms with Crippen LogP contribution >= 0.6 is 0 Å². The molecule has 9 nitrogen and oxygen atoms in total. The van der Waals surface area contributed by atoms with Gasteiger partial charge in [0.15, 0.2) is 28.8 Å². The van der Waals surface area contributed by atoms with Gasteiger partial charge in [0, 0.05) is 18.7 Å². The maximum absolute atomic E-state index is 11.8. The van der Waals surface area contributed by atoms with Gasteiger partial charge >= 0.3 is 5.97 Å². The van der Waals surface area contributed by atoms with Gasteiger partial charge in [-0.15, -0.1) is 10.2 Å². The number of anilines is 1. The van der Waals surface area contributed by atoms with Crippen LogP contribution in [0, 0.1) is 0 Å². The molecule has 9 heteroatoms. The van der Waals surface area contributed by atoms with Crippen LogP contribution in [0.1, 0.15) is 29.8 Å². The highest BCUT2D eigenvalue weighted by atomic mass is 16.6. The van der Waals surface area contributed by atoms with Crippen LogP contribution in [-0.2, 0) is 0 Å². The van der Waals surface area contributed by atoms with Crippen LogP contribution in [-0.4, -0.2) is 57.4 Å². The fourth-order valence-electron chi connectivity index (χ4n) is 3.77. The average molecular weight is 407 g/mol. The molecule has 2 aliphatic heterocycles. The number of ether oxygens (including phenoxy) is 2. The van der Waals surface area contributed by atoms with Gasteiger partial charge in [0.25, 0.3) is 0 Å². The van der Waals surface area contributed by atoms with E-state index in [9.17, 15) is 9.90 Å². The van der Waals surface area contributed by atoms with Crippen molar-refractivity contribution < 1.29 is 19.4 Å². The number of fused-ring (bicyclic) bond motifs is 1. The van der Waals surface area contributed by atoms with Crippen LogP contribution in [0.4, 0.5) is 5.82 Å². The molecule has 0 unspecified atom stereocenters. The third-order valence-electron chi connectivity index (χ3n) is 5.30. The van der Waals surface area contributed by atoms with Crippen LogP contribution in [0.3, 0.4) is 0 Å². The van der Waals surface area contributed by atoms with Gasteiger partial charge < -0.3 is 19.5 Å². The second-order valence-corrected chi connectivity index (χ2v) is 7.29. The molecule has 5 rings (SSSR count). The molecular formula is C21H21N5O4. The Labute approximate surface area is 172 Å². The minimum Gasteiger partial charge on any atom is -0.486 e. The molecule has 0 amide bonds. The summed E-state index contributed by atoms with van der Waals surface area (Å²) in [5, 5.41) is 22.7. The van der Waals surface area contributed by atoms with Crippen molar-refractivity contribution in [1.82, 2.24) is 20.0 Å². The van der Waals surface area contributed by atoms with Gasteiger partial charge in [0.2, 0.25) is 0 Å². The Hall–Kier alpha value is -3.62. The van der Waals surface area contributed by atoms with E-state index in [2.05, 4.69) is 20.2 Å². The number of carboxylic acids is 1. The van der Waals surface area contributed by atoms with E-state index >= 15 is 0 Å². The summed E-state index contributed by atoms with van der Waals surface area (Å²) < 4.78 is 12.5. The van der Waals surface area contributed by atoms with Gasteiger partial charge in [0.05, 0.1) is 5.69 Å². The van der Waals surface area contributed by atoms with Gasteiger partial charge in [-0.25, -0.2) is 9.48 Å². The van der Waals surface area contributed by atoms with Crippen LogP contribution in [0.5, 0.6) is 11.5 Å². The number of carbonyl (C=O) groups is 1. The smallest absolute Gasteiger partial charge is 0.354 e. The SMILES string of the molecule is O=C(O)c1cc(-c2ccc3c(c2)OCCO3)nn1-c1ccc(N2CCCCC2)nn1. The summed E-state index contributed by atoms with van der Waals surface area (Å²) in [6, 6.07) is 10.6. The molecule has 154 valence electrons. The number of hydrogen-bond acceptors (Lipinski definition) is 7. The molecule has 30 heavy (non-hydrogen) atoms. The molecule has 0 saturated carbocycles. The van der Waals surface area contributed by atoms with E-state index in [0.717, 1.165) is 37.3 Å². The average Bonchev–Trinajstić information content (AvgIpc) is 3.25. The maximum atomic E-state index is 11.8. The summed E-state index contributed by atoms with van der Waals surface area (Å²) in [6.45, 7) is 2.91. The molecule has 0 bridgehead atoms. The van der Waals surface area contributed by atoms with Crippen molar-refractivity contribution in [3.63, 3.8) is 0 Å². The first-order chi connectivity index (χ1) is 14.7. The van der Waals surface area contributed by atoms with Gasteiger partial charge in [-0.05, 0) is 55.7 Å². The van der Waals surface area contributed by atoms with Crippen molar-refractivity contribution in [2.45, 2.75) is 19.3 Å². The van der Waals surface area contributed by atoms with E-state index in [1.165, 1.54) is 17.2 Å².